The highest BCUT2D eigenvalue weighted by Gasteiger charge is 2.30. The van der Waals surface area contributed by atoms with E-state index in [-0.39, 0.29) is 11.8 Å². The third kappa shape index (κ3) is 3.42. The van der Waals surface area contributed by atoms with Gasteiger partial charge in [-0.1, -0.05) is 0 Å². The predicted octanol–water partition coefficient (Wildman–Crippen LogP) is 1.91. The molecule has 0 radical (unpaired) electrons. The number of benzene rings is 1. The normalized spacial score (nSPS) is 17.8. The first-order valence-corrected chi connectivity index (χ1v) is 9.23. The Balaban J connectivity index is 1.46. The van der Waals surface area contributed by atoms with Crippen LogP contribution in [0.4, 0.5) is 11.4 Å². The molecule has 27 heavy (non-hydrogen) atoms. The van der Waals surface area contributed by atoms with E-state index in [9.17, 15) is 9.59 Å². The lowest BCUT2D eigenvalue weighted by Crippen LogP contribution is -2.44. The molecule has 142 valence electrons. The zero-order valence-electron chi connectivity index (χ0n) is 15.7. The molecule has 0 spiro atoms. The molecule has 2 aliphatic rings. The van der Waals surface area contributed by atoms with Crippen molar-refractivity contribution in [3.05, 3.63) is 47.4 Å². The van der Waals surface area contributed by atoms with Gasteiger partial charge in [0.1, 0.15) is 12.0 Å². The van der Waals surface area contributed by atoms with Crippen LogP contribution < -0.4 is 10.2 Å². The molecule has 2 aromatic rings. The minimum absolute atomic E-state index is 0.166. The van der Waals surface area contributed by atoms with Gasteiger partial charge in [-0.25, -0.2) is 0 Å². The van der Waals surface area contributed by atoms with Crippen LogP contribution in [0, 0.1) is 0 Å². The lowest BCUT2D eigenvalue weighted by atomic mass is 10.0. The highest BCUT2D eigenvalue weighted by atomic mass is 16.3. The number of rotatable bonds is 3. The van der Waals surface area contributed by atoms with E-state index >= 15 is 0 Å². The Labute approximate surface area is 158 Å². The van der Waals surface area contributed by atoms with Crippen molar-refractivity contribution in [2.75, 3.05) is 57.0 Å². The number of piperazine rings is 1. The number of furan rings is 1. The van der Waals surface area contributed by atoms with Gasteiger partial charge in [0.15, 0.2) is 0 Å². The van der Waals surface area contributed by atoms with Crippen molar-refractivity contribution in [1.82, 2.24) is 9.80 Å². The summed E-state index contributed by atoms with van der Waals surface area (Å²) in [6, 6.07) is 7.83. The fourth-order valence-electron chi connectivity index (χ4n) is 3.56. The van der Waals surface area contributed by atoms with Gasteiger partial charge in [0.25, 0.3) is 11.8 Å². The molecule has 1 aromatic heterocycles. The molecule has 0 saturated carbocycles. The fraction of sp³-hybridized carbons (Fsp3) is 0.400. The van der Waals surface area contributed by atoms with E-state index in [1.54, 1.807) is 11.9 Å². The molecule has 0 unspecified atom stereocenters. The van der Waals surface area contributed by atoms with Crippen molar-refractivity contribution in [3.63, 3.8) is 0 Å². The van der Waals surface area contributed by atoms with E-state index in [0.29, 0.717) is 35.5 Å². The van der Waals surface area contributed by atoms with Crippen LogP contribution in [0.15, 0.2) is 34.9 Å². The van der Waals surface area contributed by atoms with Gasteiger partial charge in [0.05, 0.1) is 11.1 Å². The first-order valence-electron chi connectivity index (χ1n) is 9.23. The standard InChI is InChI=1S/C20H24N4O3/c1-22-9-11-24(12-10-22)15-5-3-14(4-6-15)21-19(25)16-13-27-17-7-8-23(2)20(26)18(16)17/h3-6,13H,7-12H2,1-2H3,(H,21,25). The Hall–Kier alpha value is -2.80. The Morgan fingerprint density at radius 3 is 2.44 bits per heavy atom. The fourth-order valence-corrected chi connectivity index (χ4v) is 3.56. The molecule has 0 bridgehead atoms. The van der Waals surface area contributed by atoms with Crippen LogP contribution in [0.5, 0.6) is 0 Å². The largest absolute Gasteiger partial charge is 0.468 e. The first kappa shape index (κ1) is 17.6. The van der Waals surface area contributed by atoms with E-state index in [1.807, 2.05) is 24.3 Å². The number of amides is 2. The maximum atomic E-state index is 12.7. The monoisotopic (exact) mass is 368 g/mol. The highest BCUT2D eigenvalue weighted by Crippen LogP contribution is 2.25. The van der Waals surface area contributed by atoms with Crippen molar-refractivity contribution in [3.8, 4) is 0 Å². The summed E-state index contributed by atoms with van der Waals surface area (Å²) in [7, 11) is 3.87. The van der Waals surface area contributed by atoms with Gasteiger partial charge in [0.2, 0.25) is 0 Å². The lowest BCUT2D eigenvalue weighted by molar-refractivity contribution is 0.0770. The maximum absolute atomic E-state index is 12.7. The third-order valence-corrected chi connectivity index (χ3v) is 5.34. The predicted molar refractivity (Wildman–Crippen MR) is 103 cm³/mol. The van der Waals surface area contributed by atoms with Crippen molar-refractivity contribution in [2.24, 2.45) is 0 Å². The van der Waals surface area contributed by atoms with Crippen LogP contribution in [-0.4, -0.2) is 68.4 Å². The van der Waals surface area contributed by atoms with Gasteiger partial charge in [0, 0.05) is 57.6 Å². The number of hydrogen-bond acceptors (Lipinski definition) is 5. The molecule has 1 aromatic carbocycles. The summed E-state index contributed by atoms with van der Waals surface area (Å²) in [5.74, 6) is 0.102. The number of nitrogens with one attached hydrogen (secondary N) is 1. The summed E-state index contributed by atoms with van der Waals surface area (Å²) >= 11 is 0. The Bertz CT molecular complexity index is 851. The van der Waals surface area contributed by atoms with Gasteiger partial charge in [-0.05, 0) is 31.3 Å². The van der Waals surface area contributed by atoms with Gasteiger partial charge < -0.3 is 24.4 Å². The van der Waals surface area contributed by atoms with Crippen LogP contribution in [0.3, 0.4) is 0 Å². The van der Waals surface area contributed by atoms with Crippen LogP contribution >= 0.6 is 0 Å². The molecule has 0 atom stereocenters. The summed E-state index contributed by atoms with van der Waals surface area (Å²) in [5.41, 5.74) is 2.53. The molecule has 3 heterocycles. The average molecular weight is 368 g/mol. The molecule has 2 aliphatic heterocycles. The third-order valence-electron chi connectivity index (χ3n) is 5.34. The van der Waals surface area contributed by atoms with Gasteiger partial charge in [-0.3, -0.25) is 9.59 Å². The van der Waals surface area contributed by atoms with Gasteiger partial charge in [-0.2, -0.15) is 0 Å². The minimum atomic E-state index is -0.323. The van der Waals surface area contributed by atoms with Crippen LogP contribution in [0.25, 0.3) is 0 Å². The smallest absolute Gasteiger partial charge is 0.259 e. The van der Waals surface area contributed by atoms with Crippen LogP contribution in [-0.2, 0) is 6.42 Å². The highest BCUT2D eigenvalue weighted by molar-refractivity contribution is 6.12. The van der Waals surface area contributed by atoms with E-state index in [2.05, 4.69) is 22.2 Å². The van der Waals surface area contributed by atoms with Crippen molar-refractivity contribution in [1.29, 1.82) is 0 Å². The average Bonchev–Trinajstić information content (AvgIpc) is 3.11. The number of likely N-dealkylation sites (N-methyl/N-ethyl adjacent to an activating group) is 2. The number of carbonyl (C=O) groups is 2. The SMILES string of the molecule is CN1CCN(c2ccc(NC(=O)c3coc4c3C(=O)N(C)CC4)cc2)CC1. The molecule has 1 N–H and O–H groups in total. The van der Waals surface area contributed by atoms with Crippen LogP contribution in [0.1, 0.15) is 26.5 Å². The number of nitrogens with zero attached hydrogens (tertiary/aromatic N) is 3. The molecule has 4 rings (SSSR count). The summed E-state index contributed by atoms with van der Waals surface area (Å²) in [4.78, 5) is 31.3. The molecule has 7 nitrogen and oxygen atoms in total. The lowest BCUT2D eigenvalue weighted by Gasteiger charge is -2.34. The second-order valence-electron chi connectivity index (χ2n) is 7.22. The molecular weight excluding hydrogens is 344 g/mol. The topological polar surface area (TPSA) is 69.0 Å². The van der Waals surface area contributed by atoms with Crippen LogP contribution in [0.2, 0.25) is 0 Å². The van der Waals surface area contributed by atoms with Gasteiger partial charge in [-0.15, -0.1) is 0 Å². The zero-order valence-corrected chi connectivity index (χ0v) is 15.7. The molecule has 0 aliphatic carbocycles. The zero-order chi connectivity index (χ0) is 19.0. The van der Waals surface area contributed by atoms with E-state index < -0.39 is 0 Å². The second kappa shape index (κ2) is 7.08. The molecule has 1 saturated heterocycles. The maximum Gasteiger partial charge on any atom is 0.259 e. The quantitative estimate of drug-likeness (QED) is 0.896. The number of hydrogen-bond donors (Lipinski definition) is 1. The van der Waals surface area contributed by atoms with E-state index in [0.717, 1.165) is 31.9 Å². The summed E-state index contributed by atoms with van der Waals surface area (Å²) in [6.07, 6.45) is 2.01. The molecule has 2 amide bonds. The minimum Gasteiger partial charge on any atom is -0.468 e. The number of fused-ring (bicyclic) bond motifs is 1. The van der Waals surface area contributed by atoms with Crippen molar-refractivity contribution >= 4 is 23.2 Å². The van der Waals surface area contributed by atoms with E-state index in [1.165, 1.54) is 6.26 Å². The Morgan fingerprint density at radius 1 is 1.04 bits per heavy atom. The first-order chi connectivity index (χ1) is 13.0. The number of anilines is 2. The second-order valence-corrected chi connectivity index (χ2v) is 7.22. The number of carbonyl (C=O) groups excluding carboxylic acids is 2. The Kier molecular flexibility index (Phi) is 4.61. The molecular formula is C20H24N4O3. The summed E-state index contributed by atoms with van der Waals surface area (Å²) < 4.78 is 5.45. The molecule has 1 fully saturated rings. The Morgan fingerprint density at radius 2 is 1.74 bits per heavy atom. The summed E-state index contributed by atoms with van der Waals surface area (Å²) in [6.45, 7) is 4.70. The molecule has 7 heteroatoms. The van der Waals surface area contributed by atoms with Crippen molar-refractivity contribution < 1.29 is 14.0 Å². The summed E-state index contributed by atoms with van der Waals surface area (Å²) in [5, 5.41) is 2.87. The van der Waals surface area contributed by atoms with Crippen molar-refractivity contribution in [2.45, 2.75) is 6.42 Å². The van der Waals surface area contributed by atoms with E-state index in [4.69, 9.17) is 4.42 Å². The van der Waals surface area contributed by atoms with Gasteiger partial charge >= 0.3 is 0 Å².